The maximum atomic E-state index is 12.4. The molecule has 1 aliphatic heterocycles. The molecule has 122 valence electrons. The van der Waals surface area contributed by atoms with Gasteiger partial charge in [0, 0.05) is 19.0 Å². The molecule has 0 saturated carbocycles. The smallest absolute Gasteiger partial charge is 0.223 e. The highest BCUT2D eigenvalue weighted by atomic mass is 32.2. The Labute approximate surface area is 132 Å². The summed E-state index contributed by atoms with van der Waals surface area (Å²) in [5, 5.41) is 0. The molecule has 2 rings (SSSR count). The molecule has 1 fully saturated rings. The second kappa shape index (κ2) is 7.13. The fourth-order valence-corrected chi connectivity index (χ4v) is 4.68. The molecule has 1 atom stereocenters. The summed E-state index contributed by atoms with van der Waals surface area (Å²) in [4.78, 5) is 14.1. The highest BCUT2D eigenvalue weighted by molar-refractivity contribution is 7.91. The van der Waals surface area contributed by atoms with Crippen molar-refractivity contribution in [3.05, 3.63) is 29.8 Å². The number of amides is 1. The number of hydrogen-bond donors (Lipinski definition) is 0. The lowest BCUT2D eigenvalue weighted by Crippen LogP contribution is -2.41. The van der Waals surface area contributed by atoms with Gasteiger partial charge in [0.05, 0.1) is 18.6 Å². The molecule has 22 heavy (non-hydrogen) atoms. The molecule has 1 amide bonds. The lowest BCUT2D eigenvalue weighted by Gasteiger charge is -2.27. The van der Waals surface area contributed by atoms with Crippen LogP contribution in [0, 0.1) is 0 Å². The zero-order valence-electron chi connectivity index (χ0n) is 13.1. The molecule has 0 N–H and O–H groups in total. The van der Waals surface area contributed by atoms with Crippen LogP contribution in [0.5, 0.6) is 5.75 Å². The van der Waals surface area contributed by atoms with Crippen molar-refractivity contribution in [2.75, 3.05) is 25.2 Å². The number of rotatable bonds is 6. The van der Waals surface area contributed by atoms with Crippen LogP contribution in [0.15, 0.2) is 24.3 Å². The van der Waals surface area contributed by atoms with Gasteiger partial charge in [-0.3, -0.25) is 4.79 Å². The largest absolute Gasteiger partial charge is 0.496 e. The van der Waals surface area contributed by atoms with E-state index in [9.17, 15) is 13.2 Å². The number of sulfone groups is 1. The van der Waals surface area contributed by atoms with Gasteiger partial charge < -0.3 is 9.64 Å². The average Bonchev–Trinajstić information content (AvgIpc) is 2.86. The van der Waals surface area contributed by atoms with E-state index >= 15 is 0 Å². The van der Waals surface area contributed by atoms with Crippen LogP contribution in [0.1, 0.15) is 25.3 Å². The summed E-state index contributed by atoms with van der Waals surface area (Å²) < 4.78 is 28.5. The van der Waals surface area contributed by atoms with E-state index in [0.717, 1.165) is 11.3 Å². The van der Waals surface area contributed by atoms with Gasteiger partial charge in [0.15, 0.2) is 9.84 Å². The zero-order chi connectivity index (χ0) is 16.2. The van der Waals surface area contributed by atoms with Gasteiger partial charge in [0.25, 0.3) is 0 Å². The highest BCUT2D eigenvalue weighted by Crippen LogP contribution is 2.21. The molecule has 1 aromatic rings. The second-order valence-electron chi connectivity index (χ2n) is 5.55. The van der Waals surface area contributed by atoms with Crippen LogP contribution < -0.4 is 4.74 Å². The van der Waals surface area contributed by atoms with E-state index in [-0.39, 0.29) is 23.5 Å². The average molecular weight is 325 g/mol. The van der Waals surface area contributed by atoms with Crippen LogP contribution in [0.2, 0.25) is 0 Å². The maximum Gasteiger partial charge on any atom is 0.223 e. The fourth-order valence-electron chi connectivity index (χ4n) is 2.95. The molecule has 1 aliphatic rings. The van der Waals surface area contributed by atoms with Crippen molar-refractivity contribution in [2.24, 2.45) is 0 Å². The maximum absolute atomic E-state index is 12.4. The summed E-state index contributed by atoms with van der Waals surface area (Å²) in [6.07, 6.45) is 1.51. The van der Waals surface area contributed by atoms with Crippen LogP contribution in [0.3, 0.4) is 0 Å². The lowest BCUT2D eigenvalue weighted by molar-refractivity contribution is -0.132. The number of hydrogen-bond acceptors (Lipinski definition) is 4. The molecule has 5 nitrogen and oxygen atoms in total. The SMILES string of the molecule is CCN(C(=O)CCc1ccccc1OC)C1CCS(=O)(=O)C1. The number of carbonyl (C=O) groups is 1. The summed E-state index contributed by atoms with van der Waals surface area (Å²) in [7, 11) is -1.36. The van der Waals surface area contributed by atoms with Gasteiger partial charge >= 0.3 is 0 Å². The number of benzene rings is 1. The Kier molecular flexibility index (Phi) is 5.45. The Bertz CT molecular complexity index is 627. The summed E-state index contributed by atoms with van der Waals surface area (Å²) >= 11 is 0. The van der Waals surface area contributed by atoms with Crippen LogP contribution in [0.25, 0.3) is 0 Å². The molecular weight excluding hydrogens is 302 g/mol. The van der Waals surface area contributed by atoms with Gasteiger partial charge in [-0.15, -0.1) is 0 Å². The van der Waals surface area contributed by atoms with Crippen LogP contribution >= 0.6 is 0 Å². The van der Waals surface area contributed by atoms with Crippen molar-refractivity contribution >= 4 is 15.7 Å². The molecule has 0 aliphatic carbocycles. The minimum Gasteiger partial charge on any atom is -0.496 e. The third-order valence-corrected chi connectivity index (χ3v) is 5.86. The fraction of sp³-hybridized carbons (Fsp3) is 0.562. The number of nitrogens with zero attached hydrogens (tertiary/aromatic N) is 1. The van der Waals surface area contributed by atoms with E-state index in [1.807, 2.05) is 31.2 Å². The lowest BCUT2D eigenvalue weighted by atomic mass is 10.1. The second-order valence-corrected chi connectivity index (χ2v) is 7.78. The first-order valence-electron chi connectivity index (χ1n) is 7.58. The van der Waals surface area contributed by atoms with Crippen molar-refractivity contribution in [1.29, 1.82) is 0 Å². The molecule has 0 spiro atoms. The number of ether oxygens (including phenoxy) is 1. The monoisotopic (exact) mass is 325 g/mol. The number of carbonyl (C=O) groups excluding carboxylic acids is 1. The van der Waals surface area contributed by atoms with Gasteiger partial charge in [-0.1, -0.05) is 18.2 Å². The Morgan fingerprint density at radius 1 is 1.36 bits per heavy atom. The van der Waals surface area contributed by atoms with Crippen molar-refractivity contribution in [3.8, 4) is 5.75 Å². The van der Waals surface area contributed by atoms with Crippen LogP contribution in [0.4, 0.5) is 0 Å². The molecule has 1 saturated heterocycles. The highest BCUT2D eigenvalue weighted by Gasteiger charge is 2.33. The molecule has 1 unspecified atom stereocenters. The first-order valence-corrected chi connectivity index (χ1v) is 9.40. The minimum absolute atomic E-state index is 0.00973. The number of para-hydroxylation sites is 1. The molecule has 6 heteroatoms. The van der Waals surface area contributed by atoms with Crippen molar-refractivity contribution in [2.45, 2.75) is 32.2 Å². The van der Waals surface area contributed by atoms with Gasteiger partial charge in [-0.25, -0.2) is 8.42 Å². The van der Waals surface area contributed by atoms with Crippen molar-refractivity contribution in [3.63, 3.8) is 0 Å². The topological polar surface area (TPSA) is 63.7 Å². The van der Waals surface area contributed by atoms with E-state index in [1.54, 1.807) is 12.0 Å². The van der Waals surface area contributed by atoms with E-state index < -0.39 is 9.84 Å². The third kappa shape index (κ3) is 4.00. The Balaban J connectivity index is 1.98. The summed E-state index contributed by atoms with van der Waals surface area (Å²) in [5.41, 5.74) is 0.994. The standard InChI is InChI=1S/C16H23NO4S/c1-3-17(14-10-11-22(19,20)12-14)16(18)9-8-13-6-4-5-7-15(13)21-2/h4-7,14H,3,8-12H2,1-2H3. The van der Waals surface area contributed by atoms with Gasteiger partial charge in [-0.05, 0) is 31.4 Å². The van der Waals surface area contributed by atoms with Crippen LogP contribution in [-0.4, -0.2) is 50.4 Å². The third-order valence-electron chi connectivity index (χ3n) is 4.11. The van der Waals surface area contributed by atoms with Crippen molar-refractivity contribution < 1.29 is 17.9 Å². The summed E-state index contributed by atoms with van der Waals surface area (Å²) in [6, 6.07) is 7.47. The van der Waals surface area contributed by atoms with Crippen LogP contribution in [-0.2, 0) is 21.1 Å². The predicted octanol–water partition coefficient (Wildman–Crippen LogP) is 1.66. The first-order chi connectivity index (χ1) is 10.5. The Hall–Kier alpha value is -1.56. The molecule has 0 radical (unpaired) electrons. The van der Waals surface area contributed by atoms with Crippen molar-refractivity contribution in [1.82, 2.24) is 4.90 Å². The summed E-state index contributed by atoms with van der Waals surface area (Å²) in [5.74, 6) is 1.08. The minimum atomic E-state index is -2.98. The van der Waals surface area contributed by atoms with E-state index in [2.05, 4.69) is 0 Å². The summed E-state index contributed by atoms with van der Waals surface area (Å²) in [6.45, 7) is 2.44. The first kappa shape index (κ1) is 16.8. The van der Waals surface area contributed by atoms with E-state index in [1.165, 1.54) is 0 Å². The number of methoxy groups -OCH3 is 1. The normalized spacial score (nSPS) is 19.8. The number of aryl methyl sites for hydroxylation is 1. The molecular formula is C16H23NO4S. The van der Waals surface area contributed by atoms with Gasteiger partial charge in [-0.2, -0.15) is 0 Å². The molecule has 0 aromatic heterocycles. The molecule has 1 heterocycles. The van der Waals surface area contributed by atoms with Gasteiger partial charge in [0.1, 0.15) is 5.75 Å². The van der Waals surface area contributed by atoms with E-state index in [4.69, 9.17) is 4.74 Å². The Morgan fingerprint density at radius 2 is 2.09 bits per heavy atom. The molecule has 1 aromatic carbocycles. The predicted molar refractivity (Wildman–Crippen MR) is 85.8 cm³/mol. The quantitative estimate of drug-likeness (QED) is 0.798. The Morgan fingerprint density at radius 3 is 2.68 bits per heavy atom. The van der Waals surface area contributed by atoms with E-state index in [0.29, 0.717) is 25.8 Å². The van der Waals surface area contributed by atoms with Gasteiger partial charge in [0.2, 0.25) is 5.91 Å². The zero-order valence-corrected chi connectivity index (χ0v) is 13.9. The molecule has 0 bridgehead atoms.